The van der Waals surface area contributed by atoms with Crippen molar-refractivity contribution in [1.82, 2.24) is 0 Å². The molecule has 116 valence electrons. The first-order chi connectivity index (χ1) is 9.72. The Morgan fingerprint density at radius 1 is 1.29 bits per heavy atom. The molecule has 21 heavy (non-hydrogen) atoms. The molecule has 0 saturated carbocycles. The molecular formula is C16H23F2NOSi. The number of nitrogens with zero attached hydrogens (tertiary/aromatic N) is 1. The molecule has 1 aliphatic heterocycles. The van der Waals surface area contributed by atoms with Gasteiger partial charge in [0.2, 0.25) is 11.5 Å². The third kappa shape index (κ3) is 3.51. The van der Waals surface area contributed by atoms with Crippen molar-refractivity contribution < 1.29 is 13.6 Å². The molecule has 0 unspecified atom stereocenters. The summed E-state index contributed by atoms with van der Waals surface area (Å²) >= 11 is 0. The molecule has 0 fully saturated rings. The average molecular weight is 311 g/mol. The number of carbonyl (C=O) groups is 1. The second kappa shape index (κ2) is 5.87. The number of halogens is 2. The smallest absolute Gasteiger partial charge is 0.229 e. The minimum absolute atomic E-state index is 0.0778. The number of hydrogen-bond donors (Lipinski definition) is 0. The molecule has 1 aliphatic rings. The van der Waals surface area contributed by atoms with Crippen molar-refractivity contribution in [3.05, 3.63) is 29.8 Å². The maximum atomic E-state index is 14.0. The van der Waals surface area contributed by atoms with Crippen LogP contribution in [0.2, 0.25) is 19.6 Å². The van der Waals surface area contributed by atoms with E-state index in [0.717, 1.165) is 24.1 Å². The molecule has 2 nitrogen and oxygen atoms in total. The van der Waals surface area contributed by atoms with E-state index in [0.29, 0.717) is 6.54 Å². The monoisotopic (exact) mass is 311 g/mol. The van der Waals surface area contributed by atoms with E-state index in [1.54, 1.807) is 24.5 Å². The molecule has 0 atom stereocenters. The Balaban J connectivity index is 2.06. The number of benzene rings is 1. The summed E-state index contributed by atoms with van der Waals surface area (Å²) in [7, 11) is -2.58. The number of carbonyl (C=O) groups excluding carboxylic acids is 1. The highest BCUT2D eigenvalue weighted by Crippen LogP contribution is 2.33. The molecule has 5 heteroatoms. The van der Waals surface area contributed by atoms with E-state index < -0.39 is 13.6 Å². The molecule has 0 aromatic heterocycles. The summed E-state index contributed by atoms with van der Waals surface area (Å²) in [5, 5.41) is 0. The van der Waals surface area contributed by atoms with E-state index in [9.17, 15) is 13.6 Å². The van der Waals surface area contributed by atoms with Gasteiger partial charge in [0.05, 0.1) is 0 Å². The van der Waals surface area contributed by atoms with Crippen LogP contribution in [0.1, 0.15) is 24.8 Å². The molecule has 0 saturated heterocycles. The third-order valence-electron chi connectivity index (χ3n) is 4.16. The number of alkyl halides is 2. The SMILES string of the molecule is C[Si](C)(C)C(F)(F)CCC(=O)N1CCCc2ccccc21. The molecule has 2 rings (SSSR count). The number of rotatable bonds is 4. The van der Waals surface area contributed by atoms with Gasteiger partial charge in [-0.15, -0.1) is 0 Å². The van der Waals surface area contributed by atoms with Crippen LogP contribution in [0.15, 0.2) is 24.3 Å². The van der Waals surface area contributed by atoms with Crippen LogP contribution in [-0.4, -0.2) is 26.1 Å². The topological polar surface area (TPSA) is 20.3 Å². The quantitative estimate of drug-likeness (QED) is 0.761. The normalized spacial score (nSPS) is 15.8. The molecular weight excluding hydrogens is 288 g/mol. The van der Waals surface area contributed by atoms with Gasteiger partial charge in [-0.25, -0.2) is 8.78 Å². The van der Waals surface area contributed by atoms with E-state index in [-0.39, 0.29) is 18.7 Å². The minimum atomic E-state index is -2.70. The fourth-order valence-corrected chi connectivity index (χ4v) is 3.44. The van der Waals surface area contributed by atoms with Gasteiger partial charge in [-0.1, -0.05) is 37.8 Å². The molecule has 1 aromatic rings. The highest BCUT2D eigenvalue weighted by molar-refractivity contribution is 6.78. The van der Waals surface area contributed by atoms with Crippen LogP contribution < -0.4 is 4.90 Å². The van der Waals surface area contributed by atoms with Gasteiger partial charge in [0, 0.05) is 25.1 Å². The van der Waals surface area contributed by atoms with Crippen LogP contribution in [0.3, 0.4) is 0 Å². The van der Waals surface area contributed by atoms with Gasteiger partial charge >= 0.3 is 0 Å². The Kier molecular flexibility index (Phi) is 4.51. The summed E-state index contributed by atoms with van der Waals surface area (Å²) in [4.78, 5) is 14.0. The number of amides is 1. The first-order valence-electron chi connectivity index (χ1n) is 7.48. The Morgan fingerprint density at radius 2 is 1.95 bits per heavy atom. The Bertz CT molecular complexity index is 525. The van der Waals surface area contributed by atoms with Crippen molar-refractivity contribution in [2.45, 2.75) is 50.9 Å². The van der Waals surface area contributed by atoms with E-state index in [2.05, 4.69) is 0 Å². The summed E-state index contributed by atoms with van der Waals surface area (Å²) in [6, 6.07) is 7.75. The first-order valence-corrected chi connectivity index (χ1v) is 11.0. The van der Waals surface area contributed by atoms with Gasteiger partial charge < -0.3 is 4.90 Å². The summed E-state index contributed by atoms with van der Waals surface area (Å²) in [6.07, 6.45) is 1.43. The number of hydrogen-bond acceptors (Lipinski definition) is 1. The van der Waals surface area contributed by atoms with E-state index in [1.807, 2.05) is 24.3 Å². The van der Waals surface area contributed by atoms with Gasteiger partial charge in [0.25, 0.3) is 0 Å². The summed E-state index contributed by atoms with van der Waals surface area (Å²) in [5.74, 6) is -0.180. The second-order valence-electron chi connectivity index (χ2n) is 6.73. The van der Waals surface area contributed by atoms with Crippen molar-refractivity contribution >= 4 is 19.7 Å². The number of aryl methyl sites for hydroxylation is 1. The maximum absolute atomic E-state index is 14.0. The Morgan fingerprint density at radius 3 is 2.62 bits per heavy atom. The van der Waals surface area contributed by atoms with E-state index in [1.165, 1.54) is 0 Å². The zero-order valence-corrected chi connectivity index (χ0v) is 14.0. The fraction of sp³-hybridized carbons (Fsp3) is 0.562. The van der Waals surface area contributed by atoms with Crippen LogP contribution in [-0.2, 0) is 11.2 Å². The minimum Gasteiger partial charge on any atom is -0.312 e. The van der Waals surface area contributed by atoms with Crippen molar-refractivity contribution in [2.75, 3.05) is 11.4 Å². The lowest BCUT2D eigenvalue weighted by Crippen LogP contribution is -2.46. The summed E-state index contributed by atoms with van der Waals surface area (Å²) in [6.45, 7) is 5.57. The van der Waals surface area contributed by atoms with Crippen LogP contribution >= 0.6 is 0 Å². The van der Waals surface area contributed by atoms with Crippen LogP contribution in [0.4, 0.5) is 14.5 Å². The first kappa shape index (κ1) is 16.1. The highest BCUT2D eigenvalue weighted by atomic mass is 28.3. The second-order valence-corrected chi connectivity index (χ2v) is 12.0. The van der Waals surface area contributed by atoms with Gasteiger partial charge in [-0.05, 0) is 24.5 Å². The lowest BCUT2D eigenvalue weighted by molar-refractivity contribution is -0.119. The lowest BCUT2D eigenvalue weighted by Gasteiger charge is -2.32. The van der Waals surface area contributed by atoms with Crippen molar-refractivity contribution in [3.8, 4) is 0 Å². The largest absolute Gasteiger partial charge is 0.312 e. The third-order valence-corrected chi connectivity index (χ3v) is 6.61. The van der Waals surface area contributed by atoms with E-state index in [4.69, 9.17) is 0 Å². The summed E-state index contributed by atoms with van der Waals surface area (Å²) < 4.78 is 28.1. The van der Waals surface area contributed by atoms with Crippen molar-refractivity contribution in [2.24, 2.45) is 0 Å². The molecule has 1 aromatic carbocycles. The molecule has 0 radical (unpaired) electrons. The number of fused-ring (bicyclic) bond motifs is 1. The molecule has 1 heterocycles. The molecule has 1 amide bonds. The van der Waals surface area contributed by atoms with Gasteiger partial charge in [0.1, 0.15) is 8.07 Å². The molecule has 0 spiro atoms. The number of anilines is 1. The zero-order chi connectivity index (χ0) is 15.7. The highest BCUT2D eigenvalue weighted by Gasteiger charge is 2.44. The van der Waals surface area contributed by atoms with E-state index >= 15 is 0 Å². The molecule has 0 N–H and O–H groups in total. The average Bonchev–Trinajstić information content (AvgIpc) is 2.43. The number of para-hydroxylation sites is 1. The molecule has 0 aliphatic carbocycles. The fourth-order valence-electron chi connectivity index (χ4n) is 2.57. The molecule has 0 bridgehead atoms. The van der Waals surface area contributed by atoms with Crippen molar-refractivity contribution in [3.63, 3.8) is 0 Å². The van der Waals surface area contributed by atoms with Gasteiger partial charge in [-0.3, -0.25) is 4.79 Å². The van der Waals surface area contributed by atoms with Crippen LogP contribution in [0.25, 0.3) is 0 Å². The predicted octanol–water partition coefficient (Wildman–Crippen LogP) is 4.26. The van der Waals surface area contributed by atoms with Gasteiger partial charge in [0.15, 0.2) is 0 Å². The Labute approximate surface area is 126 Å². The standard InChI is InChI=1S/C16H23F2NOSi/c1-21(2,3)16(17,18)11-10-15(20)19-12-6-8-13-7-4-5-9-14(13)19/h4-5,7,9H,6,8,10-12H2,1-3H3. The maximum Gasteiger partial charge on any atom is 0.229 e. The van der Waals surface area contributed by atoms with Crippen molar-refractivity contribution in [1.29, 1.82) is 0 Å². The van der Waals surface area contributed by atoms with Crippen LogP contribution in [0.5, 0.6) is 0 Å². The predicted molar refractivity (Wildman–Crippen MR) is 84.6 cm³/mol. The van der Waals surface area contributed by atoms with Gasteiger partial charge in [-0.2, -0.15) is 0 Å². The Hall–Kier alpha value is -1.23. The zero-order valence-electron chi connectivity index (χ0n) is 13.0. The van der Waals surface area contributed by atoms with Crippen LogP contribution in [0, 0.1) is 0 Å². The summed E-state index contributed by atoms with van der Waals surface area (Å²) in [5.41, 5.74) is -0.669. The lowest BCUT2D eigenvalue weighted by atomic mass is 10.0.